The molecule has 1 aliphatic rings. The molecule has 0 heterocycles. The van der Waals surface area contributed by atoms with Crippen molar-refractivity contribution in [1.29, 1.82) is 0 Å². The number of Topliss-reactive ketones (excluding diaryl/α,β-unsaturated/α-hetero) is 1. The third kappa shape index (κ3) is 9.09. The molecule has 1 aromatic carbocycles. The fraction of sp³-hybridized carbons (Fsp3) is 0.714. The van der Waals surface area contributed by atoms with Gasteiger partial charge >= 0.3 is 5.97 Å². The van der Waals surface area contributed by atoms with E-state index >= 15 is 0 Å². The van der Waals surface area contributed by atoms with E-state index in [1.807, 2.05) is 19.9 Å². The van der Waals surface area contributed by atoms with Gasteiger partial charge in [-0.15, -0.1) is 0 Å². The number of hydrogen-bond acceptors (Lipinski definition) is 5. The average molecular weight is 477 g/mol. The molecule has 1 saturated carbocycles. The normalized spacial score (nSPS) is 20.6. The average Bonchev–Trinajstić information content (AvgIpc) is 3.13. The van der Waals surface area contributed by atoms with Gasteiger partial charge in [-0.2, -0.15) is 11.8 Å². The molecule has 0 amide bonds. The van der Waals surface area contributed by atoms with Crippen LogP contribution >= 0.6 is 11.8 Å². The van der Waals surface area contributed by atoms with E-state index in [2.05, 4.69) is 38.1 Å². The molecule has 33 heavy (non-hydrogen) atoms. The van der Waals surface area contributed by atoms with Crippen molar-refractivity contribution in [1.82, 2.24) is 0 Å². The highest BCUT2D eigenvalue weighted by atomic mass is 32.2. The number of hydrogen-bond donors (Lipinski definition) is 1. The number of esters is 1. The van der Waals surface area contributed by atoms with Gasteiger partial charge in [0.2, 0.25) is 0 Å². The van der Waals surface area contributed by atoms with Gasteiger partial charge in [-0.1, -0.05) is 63.4 Å². The van der Waals surface area contributed by atoms with Gasteiger partial charge in [-0.3, -0.25) is 9.59 Å². The number of carbonyl (C=O) groups is 2. The summed E-state index contributed by atoms with van der Waals surface area (Å²) in [6.07, 6.45) is 8.82. The minimum atomic E-state index is -0.796. The lowest BCUT2D eigenvalue weighted by Crippen LogP contribution is -2.45. The Morgan fingerprint density at radius 1 is 1.12 bits per heavy atom. The van der Waals surface area contributed by atoms with Crippen LogP contribution in [0.25, 0.3) is 0 Å². The van der Waals surface area contributed by atoms with Crippen LogP contribution in [0.1, 0.15) is 91.0 Å². The Balaban J connectivity index is 1.75. The van der Waals surface area contributed by atoms with Crippen molar-refractivity contribution >= 4 is 23.5 Å². The maximum Gasteiger partial charge on any atom is 0.305 e. The summed E-state index contributed by atoms with van der Waals surface area (Å²) in [5.74, 6) is 1.05. The number of carbonyl (C=O) groups excluding carboxylic acids is 2. The highest BCUT2D eigenvalue weighted by Gasteiger charge is 2.41. The van der Waals surface area contributed by atoms with E-state index in [1.165, 1.54) is 5.56 Å². The summed E-state index contributed by atoms with van der Waals surface area (Å²) < 4.78 is 4.97. The van der Waals surface area contributed by atoms with Crippen LogP contribution in [0.4, 0.5) is 0 Å². The molecule has 1 fully saturated rings. The smallest absolute Gasteiger partial charge is 0.305 e. The second-order valence-electron chi connectivity index (χ2n) is 10.4. The third-order valence-electron chi connectivity index (χ3n) is 7.41. The van der Waals surface area contributed by atoms with E-state index in [9.17, 15) is 14.7 Å². The molecular formula is C28H44O4S. The van der Waals surface area contributed by atoms with Crippen LogP contribution in [0, 0.1) is 11.3 Å². The molecule has 3 atom stereocenters. The monoisotopic (exact) mass is 476 g/mol. The van der Waals surface area contributed by atoms with Gasteiger partial charge in [0.25, 0.3) is 0 Å². The Morgan fingerprint density at radius 3 is 2.52 bits per heavy atom. The minimum absolute atomic E-state index is 0.112. The van der Waals surface area contributed by atoms with Crippen LogP contribution in [-0.4, -0.2) is 40.1 Å². The van der Waals surface area contributed by atoms with Crippen molar-refractivity contribution in [2.75, 3.05) is 12.4 Å². The molecule has 0 bridgehead atoms. The molecule has 3 unspecified atom stereocenters. The maximum absolute atomic E-state index is 12.5. The van der Waals surface area contributed by atoms with Crippen molar-refractivity contribution in [3.63, 3.8) is 0 Å². The summed E-state index contributed by atoms with van der Waals surface area (Å²) >= 11 is 1.80. The van der Waals surface area contributed by atoms with E-state index in [1.54, 1.807) is 11.8 Å². The molecule has 4 nitrogen and oxygen atoms in total. The van der Waals surface area contributed by atoms with E-state index in [0.29, 0.717) is 36.2 Å². The first-order chi connectivity index (χ1) is 15.7. The van der Waals surface area contributed by atoms with Crippen LogP contribution in [-0.2, 0) is 20.7 Å². The number of rotatable bonds is 15. The second kappa shape index (κ2) is 13.5. The van der Waals surface area contributed by atoms with Crippen LogP contribution in [0.5, 0.6) is 0 Å². The number of ketones is 1. The highest BCUT2D eigenvalue weighted by Crippen LogP contribution is 2.42. The summed E-state index contributed by atoms with van der Waals surface area (Å²) in [7, 11) is 0. The maximum atomic E-state index is 12.5. The Bertz CT molecular complexity index is 729. The first-order valence-electron chi connectivity index (χ1n) is 12.7. The zero-order valence-electron chi connectivity index (χ0n) is 21.1. The van der Waals surface area contributed by atoms with Gasteiger partial charge in [-0.25, -0.2) is 0 Å². The molecule has 2 rings (SSSR count). The Labute approximate surface area is 205 Å². The molecular weight excluding hydrogens is 432 g/mol. The van der Waals surface area contributed by atoms with E-state index < -0.39 is 5.60 Å². The molecule has 0 radical (unpaired) electrons. The van der Waals surface area contributed by atoms with Gasteiger partial charge in [0.1, 0.15) is 5.78 Å². The molecule has 186 valence electrons. The predicted molar refractivity (Wildman–Crippen MR) is 137 cm³/mol. The zero-order chi connectivity index (χ0) is 24.3. The standard InChI is InChI=1S/C28H44O4S/c1-5-32-26(30)16-12-7-6-11-15-23-24(29)17-18-25(23)33-21-28(4,31)27(2,3)20-19-22-13-9-8-10-14-22/h8-10,13-14,23,25,31H,5-7,11-12,15-21H2,1-4H3. The van der Waals surface area contributed by atoms with E-state index in [-0.39, 0.29) is 17.3 Å². The first kappa shape index (κ1) is 27.9. The zero-order valence-corrected chi connectivity index (χ0v) is 21.9. The molecule has 1 aliphatic carbocycles. The Kier molecular flexibility index (Phi) is 11.4. The molecule has 0 aliphatic heterocycles. The van der Waals surface area contributed by atoms with Crippen molar-refractivity contribution < 1.29 is 19.4 Å². The summed E-state index contributed by atoms with van der Waals surface area (Å²) in [5, 5.41) is 11.7. The third-order valence-corrected chi connectivity index (χ3v) is 9.13. The fourth-order valence-electron chi connectivity index (χ4n) is 4.48. The Hall–Kier alpha value is -1.33. The molecule has 0 saturated heterocycles. The molecule has 1 N–H and O–H groups in total. The first-order valence-corrected chi connectivity index (χ1v) is 13.8. The molecule has 1 aromatic rings. The largest absolute Gasteiger partial charge is 0.466 e. The minimum Gasteiger partial charge on any atom is -0.466 e. The van der Waals surface area contributed by atoms with Crippen LogP contribution in [0.3, 0.4) is 0 Å². The molecule has 0 spiro atoms. The number of aliphatic hydroxyl groups is 1. The van der Waals surface area contributed by atoms with Crippen LogP contribution in [0.2, 0.25) is 0 Å². The number of thioether (sulfide) groups is 1. The van der Waals surface area contributed by atoms with Crippen molar-refractivity contribution in [3.8, 4) is 0 Å². The number of aryl methyl sites for hydroxylation is 1. The highest BCUT2D eigenvalue weighted by molar-refractivity contribution is 8.00. The SMILES string of the molecule is CCOC(=O)CCCCCCC1C(=O)CCC1SCC(C)(O)C(C)(C)CCc1ccccc1. The Morgan fingerprint density at radius 2 is 1.82 bits per heavy atom. The summed E-state index contributed by atoms with van der Waals surface area (Å²) in [6.45, 7) is 8.54. The van der Waals surface area contributed by atoms with Crippen LogP contribution in [0.15, 0.2) is 30.3 Å². The second-order valence-corrected chi connectivity index (χ2v) is 11.6. The molecule has 5 heteroatoms. The number of ether oxygens (including phenoxy) is 1. The lowest BCUT2D eigenvalue weighted by molar-refractivity contribution is -0.143. The molecule has 0 aromatic heterocycles. The van der Waals surface area contributed by atoms with Crippen molar-refractivity contribution in [3.05, 3.63) is 35.9 Å². The van der Waals surface area contributed by atoms with Gasteiger partial charge < -0.3 is 9.84 Å². The topological polar surface area (TPSA) is 63.6 Å². The summed E-state index contributed by atoms with van der Waals surface area (Å²) in [5.41, 5.74) is 0.292. The van der Waals surface area contributed by atoms with Crippen LogP contribution < -0.4 is 0 Å². The van der Waals surface area contributed by atoms with Gasteiger partial charge in [0.15, 0.2) is 0 Å². The summed E-state index contributed by atoms with van der Waals surface area (Å²) in [6, 6.07) is 10.4. The van der Waals surface area contributed by atoms with E-state index in [0.717, 1.165) is 51.4 Å². The van der Waals surface area contributed by atoms with Gasteiger partial charge in [0.05, 0.1) is 12.2 Å². The van der Waals surface area contributed by atoms with E-state index in [4.69, 9.17) is 4.74 Å². The number of benzene rings is 1. The number of unbranched alkanes of at least 4 members (excludes halogenated alkanes) is 3. The lowest BCUT2D eigenvalue weighted by Gasteiger charge is -2.41. The lowest BCUT2D eigenvalue weighted by atomic mass is 9.73. The van der Waals surface area contributed by atoms with Crippen molar-refractivity contribution in [2.24, 2.45) is 11.3 Å². The fourth-order valence-corrected chi connectivity index (χ4v) is 6.21. The summed E-state index contributed by atoms with van der Waals surface area (Å²) in [4.78, 5) is 23.9. The van der Waals surface area contributed by atoms with Gasteiger partial charge in [-0.05, 0) is 56.9 Å². The van der Waals surface area contributed by atoms with Gasteiger partial charge in [0, 0.05) is 29.8 Å². The quantitative estimate of drug-likeness (QED) is 0.235. The van der Waals surface area contributed by atoms with Crippen molar-refractivity contribution in [2.45, 2.75) is 103 Å². The predicted octanol–water partition coefficient (Wildman–Crippen LogP) is 6.38.